The summed E-state index contributed by atoms with van der Waals surface area (Å²) in [5.74, 6) is -0.786. The van der Waals surface area contributed by atoms with Crippen LogP contribution in [0.15, 0.2) is 29.2 Å². The predicted octanol–water partition coefficient (Wildman–Crippen LogP) is 2.16. The van der Waals surface area contributed by atoms with Gasteiger partial charge in [-0.1, -0.05) is 13.3 Å². The highest BCUT2D eigenvalue weighted by Gasteiger charge is 2.37. The van der Waals surface area contributed by atoms with E-state index < -0.39 is 15.8 Å². The molecule has 1 saturated heterocycles. The van der Waals surface area contributed by atoms with Gasteiger partial charge in [0.1, 0.15) is 5.82 Å². The van der Waals surface area contributed by atoms with Gasteiger partial charge in [-0.15, -0.1) is 0 Å². The number of rotatable bonds is 4. The van der Waals surface area contributed by atoms with Crippen molar-refractivity contribution in [3.05, 3.63) is 30.1 Å². The van der Waals surface area contributed by atoms with Crippen molar-refractivity contribution < 1.29 is 17.6 Å². The quantitative estimate of drug-likeness (QED) is 0.852. The molecule has 0 N–H and O–H groups in total. The lowest BCUT2D eigenvalue weighted by Crippen LogP contribution is -2.32. The molecule has 1 unspecified atom stereocenters. The van der Waals surface area contributed by atoms with Crippen LogP contribution in [0, 0.1) is 11.7 Å². The molecule has 1 fully saturated rings. The summed E-state index contributed by atoms with van der Waals surface area (Å²) in [6.07, 6.45) is 2.03. The van der Waals surface area contributed by atoms with Gasteiger partial charge in [-0.05, 0) is 36.6 Å². The van der Waals surface area contributed by atoms with Gasteiger partial charge in [0.2, 0.25) is 5.91 Å². The smallest absolute Gasteiger partial charge is 0.266 e. The summed E-state index contributed by atoms with van der Waals surface area (Å²) in [5.41, 5.74) is 0. The van der Waals surface area contributed by atoms with E-state index in [1.807, 2.05) is 6.92 Å². The number of nitrogens with zero attached hydrogens (tertiary/aromatic N) is 1. The molecule has 0 aliphatic carbocycles. The maximum Gasteiger partial charge on any atom is 0.266 e. The average Bonchev–Trinajstić information content (AvgIpc) is 2.72. The van der Waals surface area contributed by atoms with E-state index in [1.54, 1.807) is 0 Å². The van der Waals surface area contributed by atoms with E-state index in [-0.39, 0.29) is 29.7 Å². The van der Waals surface area contributed by atoms with Crippen molar-refractivity contribution in [2.75, 3.05) is 6.54 Å². The van der Waals surface area contributed by atoms with Gasteiger partial charge < -0.3 is 0 Å². The largest absolute Gasteiger partial charge is 0.274 e. The first kappa shape index (κ1) is 14.0. The highest BCUT2D eigenvalue weighted by atomic mass is 32.2. The lowest BCUT2D eigenvalue weighted by Gasteiger charge is -2.17. The second-order valence-corrected chi connectivity index (χ2v) is 6.60. The number of hydrogen-bond donors (Lipinski definition) is 0. The van der Waals surface area contributed by atoms with Gasteiger partial charge in [0.25, 0.3) is 10.0 Å². The molecule has 1 heterocycles. The standard InChI is InChI=1S/C13H16FNO3S/c1-2-3-10-8-13(16)15(9-10)19(17,18)12-6-4-11(14)5-7-12/h4-7,10H,2-3,8-9H2,1H3. The Morgan fingerprint density at radius 3 is 2.53 bits per heavy atom. The minimum Gasteiger partial charge on any atom is -0.274 e. The zero-order chi connectivity index (χ0) is 14.0. The Bertz CT molecular complexity index is 568. The molecule has 1 aromatic carbocycles. The fourth-order valence-electron chi connectivity index (χ4n) is 2.32. The van der Waals surface area contributed by atoms with Gasteiger partial charge in [0, 0.05) is 13.0 Å². The molecule has 1 aromatic rings. The number of sulfonamides is 1. The van der Waals surface area contributed by atoms with Crippen LogP contribution < -0.4 is 0 Å². The molecular formula is C13H16FNO3S. The van der Waals surface area contributed by atoms with Gasteiger partial charge in [-0.25, -0.2) is 17.1 Å². The number of carbonyl (C=O) groups excluding carboxylic acids is 1. The Morgan fingerprint density at radius 2 is 1.95 bits per heavy atom. The fraction of sp³-hybridized carbons (Fsp3) is 0.462. The second kappa shape index (κ2) is 5.28. The SMILES string of the molecule is CCCC1CC(=O)N(S(=O)(=O)c2ccc(F)cc2)C1. The summed E-state index contributed by atoms with van der Waals surface area (Å²) >= 11 is 0. The topological polar surface area (TPSA) is 54.5 Å². The first-order valence-corrected chi connectivity index (χ1v) is 7.70. The summed E-state index contributed by atoms with van der Waals surface area (Å²) < 4.78 is 38.3. The highest BCUT2D eigenvalue weighted by Crippen LogP contribution is 2.27. The number of halogens is 1. The van der Waals surface area contributed by atoms with Crippen molar-refractivity contribution in [2.45, 2.75) is 31.1 Å². The predicted molar refractivity (Wildman–Crippen MR) is 68.3 cm³/mol. The van der Waals surface area contributed by atoms with Crippen molar-refractivity contribution in [2.24, 2.45) is 5.92 Å². The Morgan fingerprint density at radius 1 is 1.32 bits per heavy atom. The maximum absolute atomic E-state index is 12.8. The zero-order valence-corrected chi connectivity index (χ0v) is 11.5. The molecule has 1 atom stereocenters. The number of benzene rings is 1. The number of amides is 1. The van der Waals surface area contributed by atoms with Gasteiger partial charge in [-0.3, -0.25) is 4.79 Å². The molecule has 0 aromatic heterocycles. The Balaban J connectivity index is 2.25. The molecule has 0 spiro atoms. The molecule has 1 aliphatic rings. The lowest BCUT2D eigenvalue weighted by atomic mass is 10.0. The van der Waals surface area contributed by atoms with E-state index in [0.29, 0.717) is 0 Å². The van der Waals surface area contributed by atoms with Crippen LogP contribution in [0.25, 0.3) is 0 Å². The highest BCUT2D eigenvalue weighted by molar-refractivity contribution is 7.89. The minimum absolute atomic E-state index is 0.0422. The van der Waals surface area contributed by atoms with Crippen LogP contribution in [0.3, 0.4) is 0 Å². The van der Waals surface area contributed by atoms with Gasteiger partial charge >= 0.3 is 0 Å². The molecule has 4 nitrogen and oxygen atoms in total. The molecule has 1 amide bonds. The zero-order valence-electron chi connectivity index (χ0n) is 10.7. The van der Waals surface area contributed by atoms with Crippen LogP contribution in [0.4, 0.5) is 4.39 Å². The minimum atomic E-state index is -3.84. The van der Waals surface area contributed by atoms with E-state index in [9.17, 15) is 17.6 Å². The molecule has 1 aliphatic heterocycles. The van der Waals surface area contributed by atoms with E-state index in [2.05, 4.69) is 0 Å². The van der Waals surface area contributed by atoms with Crippen molar-refractivity contribution in [3.8, 4) is 0 Å². The monoisotopic (exact) mass is 285 g/mol. The normalized spacial score (nSPS) is 20.0. The molecular weight excluding hydrogens is 269 g/mol. The van der Waals surface area contributed by atoms with Crippen LogP contribution in [-0.4, -0.2) is 25.2 Å². The molecule has 0 bridgehead atoms. The van der Waals surface area contributed by atoms with Crippen LogP contribution in [-0.2, 0) is 14.8 Å². The van der Waals surface area contributed by atoms with Crippen LogP contribution in [0.1, 0.15) is 26.2 Å². The number of carbonyl (C=O) groups is 1. The van der Waals surface area contributed by atoms with E-state index in [1.165, 1.54) is 12.1 Å². The second-order valence-electron chi connectivity index (χ2n) is 4.74. The fourth-order valence-corrected chi connectivity index (χ4v) is 3.80. The summed E-state index contributed by atoms with van der Waals surface area (Å²) in [6, 6.07) is 4.53. The van der Waals surface area contributed by atoms with Gasteiger partial charge in [-0.2, -0.15) is 0 Å². The molecule has 0 radical (unpaired) electrons. The first-order chi connectivity index (χ1) is 8.95. The maximum atomic E-state index is 12.8. The summed E-state index contributed by atoms with van der Waals surface area (Å²) in [7, 11) is -3.84. The lowest BCUT2D eigenvalue weighted by molar-refractivity contribution is -0.123. The van der Waals surface area contributed by atoms with Crippen molar-refractivity contribution >= 4 is 15.9 Å². The van der Waals surface area contributed by atoms with Crippen molar-refractivity contribution in [1.29, 1.82) is 0 Å². The first-order valence-electron chi connectivity index (χ1n) is 6.26. The van der Waals surface area contributed by atoms with E-state index >= 15 is 0 Å². The van der Waals surface area contributed by atoms with E-state index in [0.717, 1.165) is 29.3 Å². The van der Waals surface area contributed by atoms with Crippen LogP contribution in [0.2, 0.25) is 0 Å². The van der Waals surface area contributed by atoms with Crippen LogP contribution >= 0.6 is 0 Å². The summed E-state index contributed by atoms with van der Waals surface area (Å²) in [5, 5.41) is 0. The molecule has 2 rings (SSSR count). The van der Waals surface area contributed by atoms with Crippen molar-refractivity contribution in [3.63, 3.8) is 0 Å². The Hall–Kier alpha value is -1.43. The molecule has 19 heavy (non-hydrogen) atoms. The Kier molecular flexibility index (Phi) is 3.89. The molecule has 0 saturated carbocycles. The molecule has 6 heteroatoms. The third kappa shape index (κ3) is 2.78. The average molecular weight is 285 g/mol. The summed E-state index contributed by atoms with van der Waals surface area (Å²) in [4.78, 5) is 11.8. The van der Waals surface area contributed by atoms with Crippen LogP contribution in [0.5, 0.6) is 0 Å². The third-order valence-electron chi connectivity index (χ3n) is 3.26. The summed E-state index contributed by atoms with van der Waals surface area (Å²) in [6.45, 7) is 2.23. The number of hydrogen-bond acceptors (Lipinski definition) is 3. The third-order valence-corrected chi connectivity index (χ3v) is 5.06. The van der Waals surface area contributed by atoms with Crippen molar-refractivity contribution in [1.82, 2.24) is 4.31 Å². The molecule has 104 valence electrons. The van der Waals surface area contributed by atoms with E-state index in [4.69, 9.17) is 0 Å². The van der Waals surface area contributed by atoms with Gasteiger partial charge in [0.05, 0.1) is 4.90 Å². The van der Waals surface area contributed by atoms with Gasteiger partial charge in [0.15, 0.2) is 0 Å². The Labute approximate surface area is 112 Å².